The van der Waals surface area contributed by atoms with E-state index in [4.69, 9.17) is 10.5 Å². The highest BCUT2D eigenvalue weighted by atomic mass is 32.1. The fraction of sp³-hybridized carbons (Fsp3) is 0.261. The van der Waals surface area contributed by atoms with E-state index >= 15 is 0 Å². The fourth-order valence-corrected chi connectivity index (χ4v) is 3.75. The van der Waals surface area contributed by atoms with Gasteiger partial charge in [-0.2, -0.15) is 0 Å². The van der Waals surface area contributed by atoms with E-state index in [-0.39, 0.29) is 23.7 Å². The summed E-state index contributed by atoms with van der Waals surface area (Å²) < 4.78 is 5.20. The molecule has 0 spiro atoms. The molecule has 0 saturated carbocycles. The van der Waals surface area contributed by atoms with E-state index in [0.29, 0.717) is 29.2 Å². The van der Waals surface area contributed by atoms with Crippen LogP contribution in [0.5, 0.6) is 5.75 Å². The first-order valence-corrected chi connectivity index (χ1v) is 11.2. The fourth-order valence-electron chi connectivity index (χ4n) is 3.08. The van der Waals surface area contributed by atoms with E-state index in [0.717, 1.165) is 12.1 Å². The minimum Gasteiger partial charge on any atom is -0.497 e. The Morgan fingerprint density at radius 1 is 1.18 bits per heavy atom. The normalized spacial score (nSPS) is 11.6. The average Bonchev–Trinajstić information content (AvgIpc) is 3.20. The first-order valence-electron chi connectivity index (χ1n) is 10.3. The Labute approximate surface area is 197 Å². The van der Waals surface area contributed by atoms with Crippen LogP contribution in [0.1, 0.15) is 28.5 Å². The van der Waals surface area contributed by atoms with Gasteiger partial charge in [0.15, 0.2) is 0 Å². The highest BCUT2D eigenvalue weighted by Gasteiger charge is 2.17. The predicted molar refractivity (Wildman–Crippen MR) is 132 cm³/mol. The zero-order valence-corrected chi connectivity index (χ0v) is 19.6. The van der Waals surface area contributed by atoms with Gasteiger partial charge < -0.3 is 31.3 Å². The van der Waals surface area contributed by atoms with E-state index in [2.05, 4.69) is 20.9 Å². The molecule has 1 unspecified atom stereocenters. The number of anilines is 3. The number of methoxy groups -OCH3 is 1. The Hall–Kier alpha value is -3.63. The molecule has 0 radical (unpaired) electrons. The molecule has 0 aliphatic carbocycles. The molecule has 0 bridgehead atoms. The molecule has 33 heavy (non-hydrogen) atoms. The first-order chi connectivity index (χ1) is 15.9. The summed E-state index contributed by atoms with van der Waals surface area (Å²) >= 11 is 1.41. The number of hydrogen-bond donors (Lipinski definition) is 4. The molecule has 1 atom stereocenters. The Morgan fingerprint density at radius 2 is 2.00 bits per heavy atom. The van der Waals surface area contributed by atoms with E-state index < -0.39 is 0 Å². The lowest BCUT2D eigenvalue weighted by molar-refractivity contribution is 0.102. The summed E-state index contributed by atoms with van der Waals surface area (Å²) in [5, 5.41) is 12.1. The molecule has 2 aromatic heterocycles. The smallest absolute Gasteiger partial charge is 0.319 e. The van der Waals surface area contributed by atoms with Crippen molar-refractivity contribution in [3.05, 3.63) is 64.6 Å². The van der Waals surface area contributed by atoms with Gasteiger partial charge in [0.1, 0.15) is 11.4 Å². The summed E-state index contributed by atoms with van der Waals surface area (Å²) in [7, 11) is 5.51. The summed E-state index contributed by atoms with van der Waals surface area (Å²) in [6.07, 6.45) is 2.27. The number of amides is 3. The second-order valence-corrected chi connectivity index (χ2v) is 8.39. The van der Waals surface area contributed by atoms with E-state index in [1.54, 1.807) is 60.5 Å². The lowest BCUT2D eigenvalue weighted by atomic mass is 10.1. The average molecular weight is 469 g/mol. The summed E-state index contributed by atoms with van der Waals surface area (Å²) in [5.41, 5.74) is 8.58. The summed E-state index contributed by atoms with van der Waals surface area (Å²) in [4.78, 5) is 31.5. The van der Waals surface area contributed by atoms with Crippen LogP contribution in [0.15, 0.2) is 53.4 Å². The van der Waals surface area contributed by atoms with Crippen molar-refractivity contribution in [2.24, 2.45) is 0 Å². The Kier molecular flexibility index (Phi) is 8.22. The molecule has 9 nitrogen and oxygen atoms in total. The maximum atomic E-state index is 12.7. The minimum atomic E-state index is -0.347. The minimum absolute atomic E-state index is 0.261. The number of urea groups is 1. The molecule has 0 fully saturated rings. The molecule has 5 N–H and O–H groups in total. The van der Waals surface area contributed by atoms with Crippen LogP contribution in [0.25, 0.3) is 0 Å². The molecule has 10 heteroatoms. The van der Waals surface area contributed by atoms with E-state index in [1.807, 2.05) is 19.0 Å². The molecule has 174 valence electrons. The molecule has 3 amide bonds. The molecule has 2 heterocycles. The molecular formula is C23H28N6O3S. The second kappa shape index (κ2) is 11.3. The maximum absolute atomic E-state index is 12.7. The van der Waals surface area contributed by atoms with Crippen molar-refractivity contribution in [3.8, 4) is 5.75 Å². The van der Waals surface area contributed by atoms with Crippen molar-refractivity contribution in [1.82, 2.24) is 15.2 Å². The Bertz CT molecular complexity index is 1080. The lowest BCUT2D eigenvalue weighted by Gasteiger charge is -2.21. The predicted octanol–water partition coefficient (Wildman–Crippen LogP) is 3.80. The first kappa shape index (κ1) is 24.0. The number of rotatable bonds is 9. The van der Waals surface area contributed by atoms with Crippen molar-refractivity contribution >= 4 is 40.3 Å². The summed E-state index contributed by atoms with van der Waals surface area (Å²) in [6, 6.07) is 9.92. The van der Waals surface area contributed by atoms with Crippen LogP contribution in [0.3, 0.4) is 0 Å². The number of hydrogen-bond acceptors (Lipinski definition) is 7. The van der Waals surface area contributed by atoms with Crippen LogP contribution in [-0.4, -0.2) is 49.6 Å². The number of pyridine rings is 1. The van der Waals surface area contributed by atoms with Crippen molar-refractivity contribution in [1.29, 1.82) is 0 Å². The third-order valence-corrected chi connectivity index (χ3v) is 5.62. The number of carbonyl (C=O) groups is 2. The Morgan fingerprint density at radius 3 is 2.64 bits per heavy atom. The number of carbonyl (C=O) groups excluding carboxylic acids is 2. The van der Waals surface area contributed by atoms with Crippen molar-refractivity contribution < 1.29 is 14.3 Å². The molecule has 0 saturated heterocycles. The molecule has 3 rings (SSSR count). The standard InChI is InChI=1S/C23H28N6O3S/c1-29(2)10-9-19(28-23(31)26-16-5-4-6-17(11-16)32-3)15-7-8-20(25-12-15)22(30)27-21-14-33-13-18(21)24/h4-8,11-14,19H,9-10,24H2,1-3H3,(H,27,30)(H2,26,28,31). The van der Waals surface area contributed by atoms with Crippen LogP contribution in [0.4, 0.5) is 21.9 Å². The number of ether oxygens (including phenoxy) is 1. The monoisotopic (exact) mass is 468 g/mol. The van der Waals surface area contributed by atoms with Crippen LogP contribution in [0.2, 0.25) is 0 Å². The van der Waals surface area contributed by atoms with Crippen molar-refractivity contribution in [2.45, 2.75) is 12.5 Å². The van der Waals surface area contributed by atoms with Gasteiger partial charge in [-0.05, 0) is 50.8 Å². The van der Waals surface area contributed by atoms with Crippen molar-refractivity contribution in [2.75, 3.05) is 44.1 Å². The van der Waals surface area contributed by atoms with Gasteiger partial charge in [-0.15, -0.1) is 11.3 Å². The zero-order chi connectivity index (χ0) is 23.8. The van der Waals surface area contributed by atoms with E-state index in [1.165, 1.54) is 11.3 Å². The van der Waals surface area contributed by atoms with Gasteiger partial charge in [0.2, 0.25) is 0 Å². The highest BCUT2D eigenvalue weighted by Crippen LogP contribution is 2.24. The zero-order valence-electron chi connectivity index (χ0n) is 18.8. The van der Waals surface area contributed by atoms with Crippen LogP contribution < -0.4 is 26.4 Å². The number of benzene rings is 1. The van der Waals surface area contributed by atoms with Gasteiger partial charge in [0.25, 0.3) is 5.91 Å². The van der Waals surface area contributed by atoms with Gasteiger partial charge in [0, 0.05) is 28.7 Å². The van der Waals surface area contributed by atoms with Crippen LogP contribution >= 0.6 is 11.3 Å². The number of nitrogens with one attached hydrogen (secondary N) is 3. The molecule has 3 aromatic rings. The van der Waals surface area contributed by atoms with Gasteiger partial charge in [-0.3, -0.25) is 9.78 Å². The van der Waals surface area contributed by atoms with Gasteiger partial charge in [-0.25, -0.2) is 4.79 Å². The largest absolute Gasteiger partial charge is 0.497 e. The number of nitrogens with two attached hydrogens (primary N) is 1. The van der Waals surface area contributed by atoms with Crippen LogP contribution in [-0.2, 0) is 0 Å². The van der Waals surface area contributed by atoms with Gasteiger partial charge in [0.05, 0.1) is 24.5 Å². The summed E-state index contributed by atoms with van der Waals surface area (Å²) in [5.74, 6) is 0.305. The number of nitrogen functional groups attached to an aromatic ring is 1. The third kappa shape index (κ3) is 6.93. The lowest BCUT2D eigenvalue weighted by Crippen LogP contribution is -2.34. The molecule has 1 aromatic carbocycles. The number of aromatic nitrogens is 1. The SMILES string of the molecule is COc1cccc(NC(=O)NC(CCN(C)C)c2ccc(C(=O)Nc3cscc3N)nc2)c1. The second-order valence-electron chi connectivity index (χ2n) is 7.65. The topological polar surface area (TPSA) is 122 Å². The number of nitrogens with zero attached hydrogens (tertiary/aromatic N) is 2. The molecule has 0 aliphatic rings. The molecular weight excluding hydrogens is 440 g/mol. The highest BCUT2D eigenvalue weighted by molar-refractivity contribution is 7.09. The van der Waals surface area contributed by atoms with Gasteiger partial charge >= 0.3 is 6.03 Å². The summed E-state index contributed by atoms with van der Waals surface area (Å²) in [6.45, 7) is 0.754. The van der Waals surface area contributed by atoms with Crippen LogP contribution in [0, 0.1) is 0 Å². The Balaban J connectivity index is 1.69. The van der Waals surface area contributed by atoms with E-state index in [9.17, 15) is 9.59 Å². The maximum Gasteiger partial charge on any atom is 0.319 e. The van der Waals surface area contributed by atoms with Crippen molar-refractivity contribution in [3.63, 3.8) is 0 Å². The number of thiophene rings is 1. The third-order valence-electron chi connectivity index (χ3n) is 4.86. The van der Waals surface area contributed by atoms with Gasteiger partial charge in [-0.1, -0.05) is 12.1 Å². The molecule has 0 aliphatic heterocycles. The quantitative estimate of drug-likeness (QED) is 0.379.